The summed E-state index contributed by atoms with van der Waals surface area (Å²) < 4.78 is 25.5. The molecule has 8 rings (SSSR count). The van der Waals surface area contributed by atoms with Gasteiger partial charge in [0.05, 0.1) is 23.6 Å². The second kappa shape index (κ2) is 17.5. The number of hydrogen-bond acceptors (Lipinski definition) is 9. The normalized spacial score (nSPS) is 20.2. The first kappa shape index (κ1) is 40.6. The number of benzene rings is 2. The number of fused-ring (bicyclic) bond motifs is 2. The average Bonchev–Trinajstić information content (AvgIpc) is 3.82. The molecule has 0 radical (unpaired) electrons. The second-order valence-corrected chi connectivity index (χ2v) is 16.7. The number of likely N-dealkylation sites (N-methyl/N-ethyl adjacent to an activating group) is 1. The van der Waals surface area contributed by atoms with Crippen LogP contribution in [0.15, 0.2) is 66.9 Å². The smallest absolute Gasteiger partial charge is 0.320 e. The molecule has 0 saturated carbocycles. The van der Waals surface area contributed by atoms with Crippen LogP contribution in [0.25, 0.3) is 11.3 Å². The highest BCUT2D eigenvalue weighted by Gasteiger charge is 2.31. The lowest BCUT2D eigenvalue weighted by Crippen LogP contribution is -2.43. The molecule has 0 spiro atoms. The largest absolute Gasteiger partial charge is 0.484 e. The molecular formula is C43H55FN10O4. The van der Waals surface area contributed by atoms with Crippen LogP contribution in [0.1, 0.15) is 94.3 Å². The summed E-state index contributed by atoms with van der Waals surface area (Å²) in [5.74, 6) is 1.74. The molecule has 3 N–H and O–H groups in total. The number of carbonyl (C=O) groups excluding carboxylic acids is 1. The molecule has 3 aliphatic rings. The molecule has 14 nitrogen and oxygen atoms in total. The molecule has 2 amide bonds. The van der Waals surface area contributed by atoms with E-state index in [0.29, 0.717) is 36.9 Å². The zero-order chi connectivity index (χ0) is 41.0. The van der Waals surface area contributed by atoms with Crippen LogP contribution >= 0.6 is 0 Å². The second-order valence-electron chi connectivity index (χ2n) is 16.7. The summed E-state index contributed by atoms with van der Waals surface area (Å²) in [6, 6.07) is 18.8. The van der Waals surface area contributed by atoms with Crippen molar-refractivity contribution in [3.05, 3.63) is 95.1 Å². The number of ether oxygens (including phenoxy) is 1. The Morgan fingerprint density at radius 2 is 1.72 bits per heavy atom. The molecule has 5 aromatic rings. The Balaban J connectivity index is 0.00000166. The lowest BCUT2D eigenvalue weighted by molar-refractivity contribution is -0.122. The fraction of sp³-hybridized carbons (Fsp3) is 0.465. The first-order chi connectivity index (χ1) is 27.9. The van der Waals surface area contributed by atoms with Crippen molar-refractivity contribution in [2.24, 2.45) is 0 Å². The fourth-order valence-electron chi connectivity index (χ4n) is 8.16. The van der Waals surface area contributed by atoms with Crippen molar-refractivity contribution in [3.63, 3.8) is 0 Å². The Morgan fingerprint density at radius 1 is 0.966 bits per heavy atom. The van der Waals surface area contributed by atoms with E-state index in [2.05, 4.69) is 82.4 Å². The zero-order valence-corrected chi connectivity index (χ0v) is 34.1. The van der Waals surface area contributed by atoms with Gasteiger partial charge in [0.1, 0.15) is 23.5 Å². The predicted molar refractivity (Wildman–Crippen MR) is 221 cm³/mol. The van der Waals surface area contributed by atoms with Gasteiger partial charge in [-0.2, -0.15) is 5.10 Å². The molecular weight excluding hydrogens is 740 g/mol. The van der Waals surface area contributed by atoms with E-state index >= 15 is 4.39 Å². The van der Waals surface area contributed by atoms with Crippen molar-refractivity contribution < 1.29 is 23.8 Å². The third-order valence-corrected chi connectivity index (χ3v) is 11.3. The third kappa shape index (κ3) is 9.26. The van der Waals surface area contributed by atoms with Crippen molar-refractivity contribution >= 4 is 29.9 Å². The van der Waals surface area contributed by atoms with Crippen LogP contribution in [0.3, 0.4) is 0 Å². The minimum atomic E-state index is -0.354. The van der Waals surface area contributed by atoms with Crippen molar-refractivity contribution in [1.82, 2.24) is 39.5 Å². The maximum Gasteiger partial charge on any atom is 0.320 e. The van der Waals surface area contributed by atoms with Crippen LogP contribution in [-0.4, -0.2) is 97.6 Å². The van der Waals surface area contributed by atoms with Crippen LogP contribution in [0, 0.1) is 5.82 Å². The molecule has 308 valence electrons. The standard InChI is InChI=1S/C42H53FN10O2.CH2O2/c1-28-10-8-9-17-51(28)41-47-46-38-16-13-32(27-52(38)41)55-36-15-14-35(33-11-6-7-12-34(33)36)44-40(54)45-39-25-37(42(2,3)4)48-53(39)31-23-29(22-30(43)24-31)26-50-20-18-49(5)19-21-50;2-1-3/h6-7,11-13,16,22-25,27-28,35-36H,8-10,14-15,17-21,26H2,1-5H3,(H2,44,45,54);1H,(H,2,3)/t28?,35-,36+;/m0./s1. The molecule has 3 atom stereocenters. The summed E-state index contributed by atoms with van der Waals surface area (Å²) in [5.41, 5.74) is 4.79. The Labute approximate surface area is 339 Å². The first-order valence-corrected chi connectivity index (χ1v) is 20.2. The van der Waals surface area contributed by atoms with Gasteiger partial charge in [-0.25, -0.2) is 13.9 Å². The van der Waals surface area contributed by atoms with Crippen molar-refractivity contribution in [3.8, 4) is 11.4 Å². The van der Waals surface area contributed by atoms with E-state index in [9.17, 15) is 4.79 Å². The van der Waals surface area contributed by atoms with Crippen LogP contribution < -0.4 is 20.3 Å². The van der Waals surface area contributed by atoms with Gasteiger partial charge in [0, 0.05) is 56.8 Å². The number of rotatable bonds is 8. The van der Waals surface area contributed by atoms with Crippen molar-refractivity contribution in [2.45, 2.75) is 89.9 Å². The van der Waals surface area contributed by atoms with Crippen molar-refractivity contribution in [1.29, 1.82) is 0 Å². The predicted octanol–water partition coefficient (Wildman–Crippen LogP) is 6.96. The highest BCUT2D eigenvalue weighted by atomic mass is 19.1. The number of hydrogen-bond donors (Lipinski definition) is 3. The lowest BCUT2D eigenvalue weighted by atomic mass is 9.85. The molecule has 2 fully saturated rings. The minimum absolute atomic E-state index is 0.188. The van der Waals surface area contributed by atoms with Gasteiger partial charge in [0.25, 0.3) is 6.47 Å². The number of halogens is 1. The highest BCUT2D eigenvalue weighted by molar-refractivity contribution is 5.89. The number of urea groups is 1. The minimum Gasteiger partial charge on any atom is -0.484 e. The van der Waals surface area contributed by atoms with Gasteiger partial charge in [-0.3, -0.25) is 19.4 Å². The first-order valence-electron chi connectivity index (χ1n) is 20.2. The number of amides is 2. The van der Waals surface area contributed by atoms with Gasteiger partial charge >= 0.3 is 6.03 Å². The molecule has 2 aliphatic heterocycles. The van der Waals surface area contributed by atoms with Gasteiger partial charge < -0.3 is 25.0 Å². The SMILES string of the molecule is CC1CCCCN1c1nnc2ccc(O[C@@H]3CC[C@H](NC(=O)Nc4cc(C(C)(C)C)nn4-c4cc(F)cc(CN5CCN(C)CC5)c4)c4ccccc43)cn12.O=CO. The molecule has 0 bridgehead atoms. The van der Waals surface area contributed by atoms with E-state index in [1.807, 2.05) is 47.0 Å². The van der Waals surface area contributed by atoms with E-state index in [-0.39, 0.29) is 35.9 Å². The van der Waals surface area contributed by atoms with E-state index in [1.54, 1.807) is 10.7 Å². The maximum atomic E-state index is 15.2. The number of carboxylic acid groups (broad SMARTS) is 1. The van der Waals surface area contributed by atoms with E-state index in [1.165, 1.54) is 12.5 Å². The summed E-state index contributed by atoms with van der Waals surface area (Å²) in [7, 11) is 2.12. The van der Waals surface area contributed by atoms with Crippen LogP contribution in [0.5, 0.6) is 5.75 Å². The van der Waals surface area contributed by atoms with E-state index in [4.69, 9.17) is 19.7 Å². The van der Waals surface area contributed by atoms with Gasteiger partial charge in [-0.05, 0) is 93.1 Å². The number of piperazine rings is 1. The number of anilines is 2. The number of pyridine rings is 1. The summed E-state index contributed by atoms with van der Waals surface area (Å²) >= 11 is 0. The Bertz CT molecular complexity index is 2210. The highest BCUT2D eigenvalue weighted by Crippen LogP contribution is 2.39. The van der Waals surface area contributed by atoms with Crippen LogP contribution in [0.4, 0.5) is 21.0 Å². The van der Waals surface area contributed by atoms with Gasteiger partial charge in [-0.15, -0.1) is 10.2 Å². The summed E-state index contributed by atoms with van der Waals surface area (Å²) in [6.07, 6.45) is 6.73. The maximum absolute atomic E-state index is 15.2. The summed E-state index contributed by atoms with van der Waals surface area (Å²) in [6.45, 7) is 13.7. The number of piperidine rings is 1. The monoisotopic (exact) mass is 794 g/mol. The fourth-order valence-corrected chi connectivity index (χ4v) is 8.16. The van der Waals surface area contributed by atoms with Crippen LogP contribution in [-0.2, 0) is 16.8 Å². The number of nitrogens with one attached hydrogen (secondary N) is 2. The Morgan fingerprint density at radius 3 is 2.47 bits per heavy atom. The quantitative estimate of drug-likeness (QED) is 0.141. The molecule has 15 heteroatoms. The van der Waals surface area contributed by atoms with Crippen molar-refractivity contribution in [2.75, 3.05) is 50.0 Å². The number of carbonyl (C=O) groups is 2. The average molecular weight is 795 g/mol. The Hall–Kier alpha value is -5.54. The molecule has 5 heterocycles. The number of nitrogens with zero attached hydrogens (tertiary/aromatic N) is 8. The molecule has 2 saturated heterocycles. The van der Waals surface area contributed by atoms with Crippen LogP contribution in [0.2, 0.25) is 0 Å². The van der Waals surface area contributed by atoms with E-state index in [0.717, 1.165) is 85.3 Å². The molecule has 2 aromatic carbocycles. The zero-order valence-electron chi connectivity index (χ0n) is 34.1. The Kier molecular flexibility index (Phi) is 12.3. The molecule has 3 aromatic heterocycles. The van der Waals surface area contributed by atoms with Gasteiger partial charge in [0.15, 0.2) is 5.65 Å². The van der Waals surface area contributed by atoms with Gasteiger partial charge in [0.2, 0.25) is 5.95 Å². The number of aromatic nitrogens is 5. The molecule has 58 heavy (non-hydrogen) atoms. The van der Waals surface area contributed by atoms with Gasteiger partial charge in [-0.1, -0.05) is 45.0 Å². The van der Waals surface area contributed by atoms with E-state index < -0.39 is 0 Å². The molecule has 1 unspecified atom stereocenters. The third-order valence-electron chi connectivity index (χ3n) is 11.3. The summed E-state index contributed by atoms with van der Waals surface area (Å²) in [4.78, 5) is 29.2. The lowest BCUT2D eigenvalue weighted by Gasteiger charge is -2.33. The molecule has 1 aliphatic carbocycles. The summed E-state index contributed by atoms with van der Waals surface area (Å²) in [5, 5.41) is 27.0. The topological polar surface area (TPSA) is 145 Å².